The molecule has 3 rings (SSSR count). The summed E-state index contributed by atoms with van der Waals surface area (Å²) in [5.74, 6) is -0.931. The molecule has 7 heteroatoms. The van der Waals surface area contributed by atoms with E-state index in [2.05, 4.69) is 18.8 Å². The second-order valence-electron chi connectivity index (χ2n) is 9.06. The highest BCUT2D eigenvalue weighted by atomic mass is 16.5. The van der Waals surface area contributed by atoms with Crippen LogP contribution in [-0.4, -0.2) is 41.2 Å². The van der Waals surface area contributed by atoms with Crippen LogP contribution in [0.1, 0.15) is 74.4 Å². The Bertz CT molecular complexity index is 1140. The molecule has 3 aromatic rings. The topological polar surface area (TPSA) is 98.6 Å². The normalized spacial score (nSPS) is 13.2. The zero-order valence-corrected chi connectivity index (χ0v) is 20.4. The van der Waals surface area contributed by atoms with E-state index >= 15 is 0 Å². The summed E-state index contributed by atoms with van der Waals surface area (Å²) >= 11 is 0. The van der Waals surface area contributed by atoms with Crippen LogP contribution >= 0.6 is 0 Å². The van der Waals surface area contributed by atoms with E-state index in [1.165, 1.54) is 27.1 Å². The summed E-state index contributed by atoms with van der Waals surface area (Å²) in [6, 6.07) is 10.4. The van der Waals surface area contributed by atoms with Crippen molar-refractivity contribution in [2.75, 3.05) is 14.2 Å². The maximum absolute atomic E-state index is 12.6. The fraction of sp³-hybridized carbons (Fsp3) is 0.481. The van der Waals surface area contributed by atoms with E-state index in [4.69, 9.17) is 14.5 Å². The molecule has 182 valence electrons. The van der Waals surface area contributed by atoms with Crippen LogP contribution in [-0.2, 0) is 14.3 Å². The predicted molar refractivity (Wildman–Crippen MR) is 131 cm³/mol. The van der Waals surface area contributed by atoms with Crippen molar-refractivity contribution in [1.29, 1.82) is 0 Å². The highest BCUT2D eigenvalue weighted by Gasteiger charge is 2.30. The number of carbonyl (C=O) groups is 2. The van der Waals surface area contributed by atoms with Crippen LogP contribution in [0.2, 0.25) is 0 Å². The van der Waals surface area contributed by atoms with Crippen molar-refractivity contribution in [3.8, 4) is 0 Å². The number of carbonyl (C=O) groups excluding carboxylic acids is 2. The van der Waals surface area contributed by atoms with Gasteiger partial charge >= 0.3 is 11.9 Å². The van der Waals surface area contributed by atoms with Gasteiger partial charge < -0.3 is 14.6 Å². The number of fused-ring (bicyclic) bond motifs is 2. The molecule has 0 fully saturated rings. The first-order valence-electron chi connectivity index (χ1n) is 11.9. The number of rotatable bonds is 11. The number of hydrogen-bond donors (Lipinski definition) is 1. The molecule has 0 aliphatic carbocycles. The Balaban J connectivity index is 1.89. The van der Waals surface area contributed by atoms with E-state index in [1.807, 2.05) is 0 Å². The lowest BCUT2D eigenvalue weighted by atomic mass is 9.89. The highest BCUT2D eigenvalue weighted by Crippen LogP contribution is 2.32. The molecule has 0 aliphatic rings. The van der Waals surface area contributed by atoms with Crippen molar-refractivity contribution in [1.82, 2.24) is 9.97 Å². The van der Waals surface area contributed by atoms with Gasteiger partial charge in [-0.15, -0.1) is 0 Å². The molecule has 1 heterocycles. The van der Waals surface area contributed by atoms with Gasteiger partial charge in [-0.25, -0.2) is 14.8 Å². The summed E-state index contributed by atoms with van der Waals surface area (Å²) in [4.78, 5) is 34.1. The Morgan fingerprint density at radius 1 is 0.853 bits per heavy atom. The molecule has 1 N–H and O–H groups in total. The molecule has 1 aromatic heterocycles. The molecule has 34 heavy (non-hydrogen) atoms. The van der Waals surface area contributed by atoms with E-state index in [9.17, 15) is 14.7 Å². The van der Waals surface area contributed by atoms with Crippen LogP contribution in [0.4, 0.5) is 0 Å². The number of hydrogen-bond acceptors (Lipinski definition) is 7. The quantitative estimate of drug-likeness (QED) is 0.230. The Labute approximate surface area is 200 Å². The van der Waals surface area contributed by atoms with Gasteiger partial charge in [0.2, 0.25) is 0 Å². The minimum absolute atomic E-state index is 0.324. The number of benzene rings is 2. The van der Waals surface area contributed by atoms with Gasteiger partial charge in [0.05, 0.1) is 48.4 Å². The summed E-state index contributed by atoms with van der Waals surface area (Å²) in [5, 5.41) is 11.3. The van der Waals surface area contributed by atoms with Gasteiger partial charge in [0, 0.05) is 5.56 Å². The fourth-order valence-electron chi connectivity index (χ4n) is 4.30. The number of unbranched alkanes of at least 4 members (excludes halogenated alkanes) is 3. The Morgan fingerprint density at radius 3 is 2.12 bits per heavy atom. The molecule has 2 aromatic carbocycles. The van der Waals surface area contributed by atoms with Crippen LogP contribution in [0.25, 0.3) is 22.1 Å². The van der Waals surface area contributed by atoms with Crippen molar-refractivity contribution < 1.29 is 24.2 Å². The smallest absolute Gasteiger partial charge is 0.340 e. The van der Waals surface area contributed by atoms with Gasteiger partial charge in [0.15, 0.2) is 0 Å². The number of nitrogens with zero attached hydrogens (tertiary/aromatic N) is 2. The number of aromatic nitrogens is 2. The zero-order valence-electron chi connectivity index (χ0n) is 20.4. The highest BCUT2D eigenvalue weighted by molar-refractivity contribution is 6.03. The van der Waals surface area contributed by atoms with Crippen LogP contribution in [0, 0.1) is 11.8 Å². The van der Waals surface area contributed by atoms with Gasteiger partial charge in [0.1, 0.15) is 5.52 Å². The molecule has 0 radical (unpaired) electrons. The summed E-state index contributed by atoms with van der Waals surface area (Å²) in [6.07, 6.45) is 4.75. The largest absolute Gasteiger partial charge is 0.469 e. The maximum atomic E-state index is 12.6. The average molecular weight is 467 g/mol. The van der Waals surface area contributed by atoms with Gasteiger partial charge in [-0.3, -0.25) is 4.79 Å². The third-order valence-corrected chi connectivity index (χ3v) is 6.18. The number of methoxy groups -OCH3 is 2. The van der Waals surface area contributed by atoms with E-state index in [-0.39, 0.29) is 0 Å². The monoisotopic (exact) mass is 466 g/mol. The molecule has 0 saturated heterocycles. The number of para-hydroxylation sites is 2. The third kappa shape index (κ3) is 5.89. The van der Waals surface area contributed by atoms with Crippen molar-refractivity contribution in [2.24, 2.45) is 11.8 Å². The van der Waals surface area contributed by atoms with E-state index in [0.717, 1.165) is 19.3 Å². The first kappa shape index (κ1) is 25.6. The molecule has 0 bridgehead atoms. The second-order valence-corrected chi connectivity index (χ2v) is 9.06. The standard InChI is InChI=1S/C27H34N2O5/c1-17(2)11-7-5-6-8-12-20(27(32)34-4)25(30)18-13-9-15-21-23(18)28-22-16-10-14-19(24(22)29-21)26(31)33-3/h9-10,13-17,20,25,30H,5-8,11-12H2,1-4H3/t20-,25-/m1/s1. The number of esters is 2. The lowest BCUT2D eigenvalue weighted by molar-refractivity contribution is -0.150. The van der Waals surface area contributed by atoms with Crippen molar-refractivity contribution >= 4 is 34.0 Å². The number of aliphatic hydroxyl groups is 1. The molecule has 0 spiro atoms. The van der Waals surface area contributed by atoms with Crippen LogP contribution < -0.4 is 0 Å². The second kappa shape index (κ2) is 11.9. The molecule has 0 unspecified atom stereocenters. The molecule has 0 amide bonds. The summed E-state index contributed by atoms with van der Waals surface area (Å²) in [5.41, 5.74) is 2.80. The van der Waals surface area contributed by atoms with Gasteiger partial charge in [-0.05, 0) is 30.5 Å². The lowest BCUT2D eigenvalue weighted by Crippen LogP contribution is -2.24. The molecule has 0 saturated carbocycles. The van der Waals surface area contributed by atoms with E-state index in [0.29, 0.717) is 45.5 Å². The molecule has 0 aliphatic heterocycles. The predicted octanol–water partition coefficient (Wildman–Crippen LogP) is 5.39. The summed E-state index contributed by atoms with van der Waals surface area (Å²) < 4.78 is 9.88. The average Bonchev–Trinajstić information content (AvgIpc) is 2.84. The molecular formula is C27H34N2O5. The van der Waals surface area contributed by atoms with Crippen molar-refractivity contribution in [3.05, 3.63) is 47.5 Å². The van der Waals surface area contributed by atoms with Gasteiger partial charge in [0.25, 0.3) is 0 Å². The number of aliphatic hydroxyl groups excluding tert-OH is 1. The SMILES string of the molecule is COC(=O)c1cccc2nc3c([C@@H](O)[C@@H](CCCCCCC(C)C)C(=O)OC)cccc3nc12. The minimum atomic E-state index is -1.08. The Kier molecular flexibility index (Phi) is 8.93. The van der Waals surface area contributed by atoms with Crippen molar-refractivity contribution in [3.63, 3.8) is 0 Å². The first-order chi connectivity index (χ1) is 16.4. The minimum Gasteiger partial charge on any atom is -0.469 e. The van der Waals surface area contributed by atoms with E-state index < -0.39 is 24.0 Å². The zero-order chi connectivity index (χ0) is 24.7. The van der Waals surface area contributed by atoms with E-state index in [1.54, 1.807) is 36.4 Å². The number of ether oxygens (including phenoxy) is 2. The maximum Gasteiger partial charge on any atom is 0.340 e. The summed E-state index contributed by atoms with van der Waals surface area (Å²) in [6.45, 7) is 4.44. The third-order valence-electron chi connectivity index (χ3n) is 6.18. The lowest BCUT2D eigenvalue weighted by Gasteiger charge is -2.22. The van der Waals surface area contributed by atoms with Crippen LogP contribution in [0.15, 0.2) is 36.4 Å². The van der Waals surface area contributed by atoms with Crippen LogP contribution in [0.5, 0.6) is 0 Å². The Morgan fingerprint density at radius 2 is 1.47 bits per heavy atom. The molecular weight excluding hydrogens is 432 g/mol. The van der Waals surface area contributed by atoms with Gasteiger partial charge in [-0.1, -0.05) is 64.2 Å². The molecule has 2 atom stereocenters. The van der Waals surface area contributed by atoms with Crippen LogP contribution in [0.3, 0.4) is 0 Å². The van der Waals surface area contributed by atoms with Crippen molar-refractivity contribution in [2.45, 2.75) is 58.5 Å². The van der Waals surface area contributed by atoms with Gasteiger partial charge in [-0.2, -0.15) is 0 Å². The summed E-state index contributed by atoms with van der Waals surface area (Å²) in [7, 11) is 2.66. The Hall–Kier alpha value is -3.06. The fourth-order valence-corrected chi connectivity index (χ4v) is 4.30. The molecule has 7 nitrogen and oxygen atoms in total. The first-order valence-corrected chi connectivity index (χ1v) is 11.9.